The minimum Gasteiger partial charge on any atom is -0.390 e. The van der Waals surface area contributed by atoms with E-state index in [0.29, 0.717) is 13.1 Å². The molecule has 1 aliphatic rings. The molecule has 0 aliphatic carbocycles. The van der Waals surface area contributed by atoms with Gasteiger partial charge in [-0.25, -0.2) is 4.39 Å². The van der Waals surface area contributed by atoms with Crippen molar-refractivity contribution in [1.82, 2.24) is 10.2 Å². The second-order valence-electron chi connectivity index (χ2n) is 5.25. The summed E-state index contributed by atoms with van der Waals surface area (Å²) in [5.74, 6) is -0.228. The summed E-state index contributed by atoms with van der Waals surface area (Å²) in [5, 5.41) is 13.3. The second-order valence-corrected chi connectivity index (χ2v) is 5.25. The molecule has 0 amide bonds. The molecular weight excluding hydrogens is 259 g/mol. The fraction of sp³-hybridized carbons (Fsp3) is 0.600. The number of β-amino-alcohol motifs (C(OH)–C–C–N with tert-alkyl or cyclic N) is 1. The van der Waals surface area contributed by atoms with Crippen LogP contribution in [-0.2, 0) is 4.74 Å². The fourth-order valence-corrected chi connectivity index (χ4v) is 2.33. The number of aliphatic hydroxyl groups is 1. The van der Waals surface area contributed by atoms with E-state index in [9.17, 15) is 9.50 Å². The van der Waals surface area contributed by atoms with Crippen molar-refractivity contribution in [2.45, 2.75) is 19.1 Å². The van der Waals surface area contributed by atoms with Crippen molar-refractivity contribution in [3.8, 4) is 0 Å². The molecule has 2 atom stereocenters. The van der Waals surface area contributed by atoms with Crippen LogP contribution < -0.4 is 5.32 Å². The van der Waals surface area contributed by atoms with Crippen molar-refractivity contribution in [1.29, 1.82) is 0 Å². The monoisotopic (exact) mass is 282 g/mol. The summed E-state index contributed by atoms with van der Waals surface area (Å²) in [7, 11) is 0. The molecule has 20 heavy (non-hydrogen) atoms. The van der Waals surface area contributed by atoms with E-state index in [1.807, 2.05) is 6.92 Å². The van der Waals surface area contributed by atoms with Gasteiger partial charge in [0.1, 0.15) is 5.82 Å². The van der Waals surface area contributed by atoms with Crippen LogP contribution in [-0.4, -0.2) is 55.5 Å². The average Bonchev–Trinajstić information content (AvgIpc) is 2.46. The van der Waals surface area contributed by atoms with Crippen LogP contribution in [0.1, 0.15) is 18.5 Å². The van der Waals surface area contributed by atoms with Gasteiger partial charge in [0.2, 0.25) is 0 Å². The molecule has 0 bridgehead atoms. The first-order chi connectivity index (χ1) is 9.65. The van der Waals surface area contributed by atoms with E-state index in [-0.39, 0.29) is 11.9 Å². The number of benzene rings is 1. The third-order valence-corrected chi connectivity index (χ3v) is 3.60. The van der Waals surface area contributed by atoms with Gasteiger partial charge in [-0.3, -0.25) is 4.90 Å². The van der Waals surface area contributed by atoms with Gasteiger partial charge < -0.3 is 15.2 Å². The molecule has 0 aromatic heterocycles. The van der Waals surface area contributed by atoms with Crippen LogP contribution in [0.3, 0.4) is 0 Å². The molecule has 2 rings (SSSR count). The Bertz CT molecular complexity index is 393. The minimum atomic E-state index is -0.406. The maximum atomic E-state index is 12.8. The summed E-state index contributed by atoms with van der Waals surface area (Å²) in [6, 6.07) is 6.54. The summed E-state index contributed by atoms with van der Waals surface area (Å²) < 4.78 is 18.1. The smallest absolute Gasteiger partial charge is 0.123 e. The first kappa shape index (κ1) is 15.4. The number of hydrogen-bond acceptors (Lipinski definition) is 4. The number of halogens is 1. The Kier molecular flexibility index (Phi) is 5.91. The zero-order valence-corrected chi connectivity index (χ0v) is 11.9. The van der Waals surface area contributed by atoms with E-state index in [0.717, 1.165) is 31.9 Å². The molecule has 0 radical (unpaired) electrons. The normalized spacial score (nSPS) is 19.8. The molecule has 4 nitrogen and oxygen atoms in total. The largest absolute Gasteiger partial charge is 0.390 e. The molecule has 1 heterocycles. The first-order valence-electron chi connectivity index (χ1n) is 7.12. The van der Waals surface area contributed by atoms with Gasteiger partial charge in [0.15, 0.2) is 0 Å². The lowest BCUT2D eigenvalue weighted by Crippen LogP contribution is -2.44. The Labute approximate surface area is 119 Å². The zero-order valence-electron chi connectivity index (χ0n) is 11.9. The Balaban J connectivity index is 1.71. The Hall–Kier alpha value is -1.01. The maximum Gasteiger partial charge on any atom is 0.123 e. The molecule has 1 aromatic carbocycles. The predicted molar refractivity (Wildman–Crippen MR) is 76.1 cm³/mol. The Morgan fingerprint density at radius 1 is 1.30 bits per heavy atom. The molecule has 1 aromatic rings. The zero-order chi connectivity index (χ0) is 14.4. The van der Waals surface area contributed by atoms with Crippen LogP contribution in [0.5, 0.6) is 0 Å². The molecule has 2 unspecified atom stereocenters. The lowest BCUT2D eigenvalue weighted by atomic mass is 10.1. The van der Waals surface area contributed by atoms with Crippen LogP contribution in [0.2, 0.25) is 0 Å². The lowest BCUT2D eigenvalue weighted by molar-refractivity contribution is 0.0145. The Morgan fingerprint density at radius 3 is 2.60 bits per heavy atom. The van der Waals surface area contributed by atoms with Crippen molar-refractivity contribution in [3.63, 3.8) is 0 Å². The molecule has 1 saturated heterocycles. The highest BCUT2D eigenvalue weighted by Gasteiger charge is 2.15. The van der Waals surface area contributed by atoms with E-state index in [2.05, 4.69) is 10.2 Å². The third kappa shape index (κ3) is 4.83. The Morgan fingerprint density at radius 2 is 1.95 bits per heavy atom. The molecule has 1 aliphatic heterocycles. The summed E-state index contributed by atoms with van der Waals surface area (Å²) >= 11 is 0. The highest BCUT2D eigenvalue weighted by atomic mass is 19.1. The van der Waals surface area contributed by atoms with Crippen LogP contribution in [0.25, 0.3) is 0 Å². The van der Waals surface area contributed by atoms with Gasteiger partial charge in [0.05, 0.1) is 19.3 Å². The lowest BCUT2D eigenvalue weighted by Gasteiger charge is -2.29. The molecule has 112 valence electrons. The van der Waals surface area contributed by atoms with Crippen molar-refractivity contribution in [3.05, 3.63) is 35.6 Å². The summed E-state index contributed by atoms with van der Waals surface area (Å²) in [4.78, 5) is 2.21. The summed E-state index contributed by atoms with van der Waals surface area (Å²) in [5.41, 5.74) is 1.02. The highest BCUT2D eigenvalue weighted by molar-refractivity contribution is 5.19. The predicted octanol–water partition coefficient (Wildman–Crippen LogP) is 1.17. The molecule has 1 fully saturated rings. The SMILES string of the molecule is CC(NCC(O)CN1CCOCC1)c1ccc(F)cc1. The topological polar surface area (TPSA) is 44.7 Å². The van der Waals surface area contributed by atoms with E-state index < -0.39 is 6.10 Å². The van der Waals surface area contributed by atoms with Crippen molar-refractivity contribution in [2.75, 3.05) is 39.4 Å². The third-order valence-electron chi connectivity index (χ3n) is 3.60. The van der Waals surface area contributed by atoms with Gasteiger partial charge in [-0.05, 0) is 24.6 Å². The molecular formula is C15H23FN2O2. The van der Waals surface area contributed by atoms with E-state index >= 15 is 0 Å². The number of hydrogen-bond donors (Lipinski definition) is 2. The summed E-state index contributed by atoms with van der Waals surface area (Å²) in [6.07, 6.45) is -0.406. The van der Waals surface area contributed by atoms with Crippen LogP contribution in [0, 0.1) is 5.82 Å². The second kappa shape index (κ2) is 7.69. The quantitative estimate of drug-likeness (QED) is 0.822. The van der Waals surface area contributed by atoms with Crippen molar-refractivity contribution < 1.29 is 14.2 Å². The number of nitrogens with one attached hydrogen (secondary N) is 1. The average molecular weight is 282 g/mol. The molecule has 0 saturated carbocycles. The van der Waals surface area contributed by atoms with Crippen LogP contribution in [0.15, 0.2) is 24.3 Å². The first-order valence-corrected chi connectivity index (χ1v) is 7.12. The number of nitrogens with zero attached hydrogens (tertiary/aromatic N) is 1. The highest BCUT2D eigenvalue weighted by Crippen LogP contribution is 2.12. The number of morpholine rings is 1. The minimum absolute atomic E-state index is 0.0925. The maximum absolute atomic E-state index is 12.8. The number of ether oxygens (including phenoxy) is 1. The molecule has 5 heteroatoms. The molecule has 0 spiro atoms. The van der Waals surface area contributed by atoms with Gasteiger partial charge in [-0.2, -0.15) is 0 Å². The van der Waals surface area contributed by atoms with Gasteiger partial charge in [0.25, 0.3) is 0 Å². The van der Waals surface area contributed by atoms with Gasteiger partial charge in [-0.15, -0.1) is 0 Å². The number of rotatable bonds is 6. The summed E-state index contributed by atoms with van der Waals surface area (Å²) in [6.45, 7) is 6.44. The fourth-order valence-electron chi connectivity index (χ4n) is 2.33. The van der Waals surface area contributed by atoms with Gasteiger partial charge >= 0.3 is 0 Å². The standard InChI is InChI=1S/C15H23FN2O2/c1-12(13-2-4-14(16)5-3-13)17-10-15(19)11-18-6-8-20-9-7-18/h2-5,12,15,17,19H,6-11H2,1H3. The van der Waals surface area contributed by atoms with Gasteiger partial charge in [0, 0.05) is 32.2 Å². The van der Waals surface area contributed by atoms with E-state index in [1.54, 1.807) is 12.1 Å². The van der Waals surface area contributed by atoms with Crippen molar-refractivity contribution in [2.24, 2.45) is 0 Å². The number of aliphatic hydroxyl groups excluding tert-OH is 1. The molecule has 2 N–H and O–H groups in total. The van der Waals surface area contributed by atoms with Crippen LogP contribution >= 0.6 is 0 Å². The van der Waals surface area contributed by atoms with Crippen LogP contribution in [0.4, 0.5) is 4.39 Å². The van der Waals surface area contributed by atoms with Crippen molar-refractivity contribution >= 4 is 0 Å². The van der Waals surface area contributed by atoms with E-state index in [1.165, 1.54) is 12.1 Å². The van der Waals surface area contributed by atoms with E-state index in [4.69, 9.17) is 4.74 Å². The van der Waals surface area contributed by atoms with Gasteiger partial charge in [-0.1, -0.05) is 12.1 Å².